The van der Waals surface area contributed by atoms with Crippen molar-refractivity contribution < 1.29 is 4.79 Å². The van der Waals surface area contributed by atoms with Crippen molar-refractivity contribution in [3.8, 4) is 0 Å². The molecular formula is C16H17N3O. The third-order valence-corrected chi connectivity index (χ3v) is 3.75. The summed E-state index contributed by atoms with van der Waals surface area (Å²) < 4.78 is 0. The third kappa shape index (κ3) is 2.37. The predicted octanol–water partition coefficient (Wildman–Crippen LogP) is 2.22. The van der Waals surface area contributed by atoms with Crippen molar-refractivity contribution in [1.29, 1.82) is 0 Å². The van der Waals surface area contributed by atoms with Crippen LogP contribution in [0.15, 0.2) is 42.7 Å². The minimum atomic E-state index is -0.108. The van der Waals surface area contributed by atoms with Crippen molar-refractivity contribution in [2.45, 2.75) is 19.4 Å². The number of aryl methyl sites for hydroxylation is 1. The molecule has 0 bridgehead atoms. The molecule has 0 radical (unpaired) electrons. The molecule has 0 spiro atoms. The Kier molecular flexibility index (Phi) is 3.37. The quantitative estimate of drug-likeness (QED) is 0.896. The fourth-order valence-electron chi connectivity index (χ4n) is 2.51. The fourth-order valence-corrected chi connectivity index (χ4v) is 2.51. The van der Waals surface area contributed by atoms with Crippen molar-refractivity contribution in [3.05, 3.63) is 59.4 Å². The maximum Gasteiger partial charge on any atom is 0.229 e. The summed E-state index contributed by atoms with van der Waals surface area (Å²) in [5.74, 6) is -0.0473. The summed E-state index contributed by atoms with van der Waals surface area (Å²) in [4.78, 5) is 16.4. The van der Waals surface area contributed by atoms with Crippen LogP contribution in [0.25, 0.3) is 0 Å². The van der Waals surface area contributed by atoms with Crippen LogP contribution in [0.5, 0.6) is 0 Å². The maximum atomic E-state index is 12.3. The van der Waals surface area contributed by atoms with E-state index in [1.807, 2.05) is 37.3 Å². The van der Waals surface area contributed by atoms with Crippen LogP contribution in [-0.4, -0.2) is 17.4 Å². The number of nitrogens with zero attached hydrogens (tertiary/aromatic N) is 1. The topological polar surface area (TPSA) is 54.0 Å². The summed E-state index contributed by atoms with van der Waals surface area (Å²) in [6, 6.07) is 9.92. The van der Waals surface area contributed by atoms with E-state index in [0.717, 1.165) is 22.4 Å². The minimum absolute atomic E-state index is 0.0608. The highest BCUT2D eigenvalue weighted by atomic mass is 16.1. The number of amides is 1. The first-order valence-electron chi connectivity index (χ1n) is 6.75. The molecule has 20 heavy (non-hydrogen) atoms. The molecule has 1 aliphatic heterocycles. The normalized spacial score (nSPS) is 16.4. The van der Waals surface area contributed by atoms with Gasteiger partial charge in [-0.1, -0.05) is 18.2 Å². The van der Waals surface area contributed by atoms with E-state index in [2.05, 4.69) is 15.6 Å². The van der Waals surface area contributed by atoms with Gasteiger partial charge in [-0.05, 0) is 35.7 Å². The molecule has 102 valence electrons. The number of benzene rings is 1. The molecule has 2 heterocycles. The standard InChI is InChI=1S/C16H17N3O/c1-11-6-7-17-8-12(11)9-19-16(20)14-10-18-15-5-3-2-4-13(14)15/h2-8,14,18H,9-10H2,1H3,(H,19,20). The maximum absolute atomic E-state index is 12.3. The number of pyridine rings is 1. The SMILES string of the molecule is Cc1ccncc1CNC(=O)C1CNc2ccccc21. The molecule has 0 saturated carbocycles. The van der Waals surface area contributed by atoms with E-state index in [9.17, 15) is 4.79 Å². The summed E-state index contributed by atoms with van der Waals surface area (Å²) in [6.45, 7) is 3.21. The number of anilines is 1. The van der Waals surface area contributed by atoms with Crippen LogP contribution >= 0.6 is 0 Å². The molecule has 1 atom stereocenters. The highest BCUT2D eigenvalue weighted by molar-refractivity contribution is 5.88. The number of para-hydroxylation sites is 1. The first-order valence-corrected chi connectivity index (χ1v) is 6.75. The number of fused-ring (bicyclic) bond motifs is 1. The van der Waals surface area contributed by atoms with E-state index in [-0.39, 0.29) is 11.8 Å². The molecular weight excluding hydrogens is 250 g/mol. The Morgan fingerprint density at radius 2 is 2.25 bits per heavy atom. The monoisotopic (exact) mass is 267 g/mol. The molecule has 0 fully saturated rings. The van der Waals surface area contributed by atoms with Crippen LogP contribution in [-0.2, 0) is 11.3 Å². The Morgan fingerprint density at radius 3 is 3.10 bits per heavy atom. The molecule has 4 nitrogen and oxygen atoms in total. The number of carbonyl (C=O) groups excluding carboxylic acids is 1. The summed E-state index contributed by atoms with van der Waals surface area (Å²) in [5.41, 5.74) is 4.34. The van der Waals surface area contributed by atoms with Gasteiger partial charge in [0, 0.05) is 31.2 Å². The lowest BCUT2D eigenvalue weighted by Crippen LogP contribution is -2.30. The van der Waals surface area contributed by atoms with E-state index in [1.54, 1.807) is 12.4 Å². The van der Waals surface area contributed by atoms with Crippen molar-refractivity contribution in [2.24, 2.45) is 0 Å². The van der Waals surface area contributed by atoms with Gasteiger partial charge in [0.15, 0.2) is 0 Å². The Hall–Kier alpha value is -2.36. The second-order valence-electron chi connectivity index (χ2n) is 5.04. The first kappa shape index (κ1) is 12.7. The molecule has 2 aromatic rings. The van der Waals surface area contributed by atoms with Crippen LogP contribution in [0.2, 0.25) is 0 Å². The molecule has 0 saturated heterocycles. The molecule has 1 aliphatic rings. The van der Waals surface area contributed by atoms with Crippen molar-refractivity contribution in [1.82, 2.24) is 10.3 Å². The van der Waals surface area contributed by atoms with E-state index in [0.29, 0.717) is 13.1 Å². The first-order chi connectivity index (χ1) is 9.75. The number of nitrogens with one attached hydrogen (secondary N) is 2. The van der Waals surface area contributed by atoms with Gasteiger partial charge in [-0.25, -0.2) is 0 Å². The third-order valence-electron chi connectivity index (χ3n) is 3.75. The van der Waals surface area contributed by atoms with E-state index in [4.69, 9.17) is 0 Å². The van der Waals surface area contributed by atoms with Crippen LogP contribution in [0.3, 0.4) is 0 Å². The molecule has 0 aliphatic carbocycles. The highest BCUT2D eigenvalue weighted by Gasteiger charge is 2.27. The van der Waals surface area contributed by atoms with Crippen molar-refractivity contribution in [2.75, 3.05) is 11.9 Å². The Morgan fingerprint density at radius 1 is 1.40 bits per heavy atom. The Labute approximate surface area is 118 Å². The van der Waals surface area contributed by atoms with Gasteiger partial charge in [-0.15, -0.1) is 0 Å². The molecule has 1 amide bonds. The number of rotatable bonds is 3. The van der Waals surface area contributed by atoms with Crippen molar-refractivity contribution in [3.63, 3.8) is 0 Å². The van der Waals surface area contributed by atoms with E-state index >= 15 is 0 Å². The van der Waals surface area contributed by atoms with Crippen LogP contribution < -0.4 is 10.6 Å². The van der Waals surface area contributed by atoms with Gasteiger partial charge < -0.3 is 10.6 Å². The van der Waals surface area contributed by atoms with Gasteiger partial charge >= 0.3 is 0 Å². The number of aromatic nitrogens is 1. The number of hydrogen-bond donors (Lipinski definition) is 2. The zero-order valence-corrected chi connectivity index (χ0v) is 11.4. The van der Waals surface area contributed by atoms with Gasteiger partial charge in [0.2, 0.25) is 5.91 Å². The molecule has 1 aromatic carbocycles. The summed E-state index contributed by atoms with van der Waals surface area (Å²) in [5, 5.41) is 6.27. The highest BCUT2D eigenvalue weighted by Crippen LogP contribution is 2.30. The molecule has 3 rings (SSSR count). The largest absolute Gasteiger partial charge is 0.384 e. The lowest BCUT2D eigenvalue weighted by atomic mass is 10.0. The summed E-state index contributed by atoms with van der Waals surface area (Å²) in [7, 11) is 0. The summed E-state index contributed by atoms with van der Waals surface area (Å²) >= 11 is 0. The Bertz CT molecular complexity index is 639. The molecule has 1 aromatic heterocycles. The van der Waals surface area contributed by atoms with Gasteiger partial charge in [-0.2, -0.15) is 0 Å². The van der Waals surface area contributed by atoms with Gasteiger partial charge in [0.1, 0.15) is 0 Å². The van der Waals surface area contributed by atoms with Gasteiger partial charge in [0.05, 0.1) is 5.92 Å². The van der Waals surface area contributed by atoms with Crippen LogP contribution in [0.4, 0.5) is 5.69 Å². The second-order valence-corrected chi connectivity index (χ2v) is 5.04. The van der Waals surface area contributed by atoms with E-state index < -0.39 is 0 Å². The fraction of sp³-hybridized carbons (Fsp3) is 0.250. The van der Waals surface area contributed by atoms with E-state index in [1.165, 1.54) is 0 Å². The van der Waals surface area contributed by atoms with Crippen LogP contribution in [0, 0.1) is 6.92 Å². The molecule has 1 unspecified atom stereocenters. The van der Waals surface area contributed by atoms with Gasteiger partial charge in [-0.3, -0.25) is 9.78 Å². The smallest absolute Gasteiger partial charge is 0.229 e. The molecule has 4 heteroatoms. The van der Waals surface area contributed by atoms with Crippen molar-refractivity contribution >= 4 is 11.6 Å². The minimum Gasteiger partial charge on any atom is -0.384 e. The zero-order chi connectivity index (χ0) is 13.9. The average molecular weight is 267 g/mol. The van der Waals surface area contributed by atoms with Crippen LogP contribution in [0.1, 0.15) is 22.6 Å². The number of hydrogen-bond acceptors (Lipinski definition) is 3. The lowest BCUT2D eigenvalue weighted by molar-refractivity contribution is -0.122. The number of carbonyl (C=O) groups is 1. The molecule has 2 N–H and O–H groups in total. The average Bonchev–Trinajstić information content (AvgIpc) is 2.90. The zero-order valence-electron chi connectivity index (χ0n) is 11.4. The second kappa shape index (κ2) is 5.33. The summed E-state index contributed by atoms with van der Waals surface area (Å²) in [6.07, 6.45) is 3.56. The predicted molar refractivity (Wildman–Crippen MR) is 78.5 cm³/mol. The Balaban J connectivity index is 1.68. The lowest BCUT2D eigenvalue weighted by Gasteiger charge is -2.12. The van der Waals surface area contributed by atoms with Gasteiger partial charge in [0.25, 0.3) is 0 Å².